The molecular weight excluding hydrogens is 539 g/mol. The lowest BCUT2D eigenvalue weighted by Gasteiger charge is -2.55. The van der Waals surface area contributed by atoms with Crippen LogP contribution >= 0.6 is 0 Å². The van der Waals surface area contributed by atoms with Crippen LogP contribution in [-0.4, -0.2) is 44.0 Å². The second-order valence-electron chi connectivity index (χ2n) is 13.2. The Morgan fingerprint density at radius 1 is 1.14 bits per heavy atom. The molecule has 0 aromatic heterocycles. The highest BCUT2D eigenvalue weighted by Crippen LogP contribution is 2.70. The number of anilines is 1. The zero-order chi connectivity index (χ0) is 29.9. The van der Waals surface area contributed by atoms with Gasteiger partial charge in [0.25, 0.3) is 0 Å². The molecule has 1 aliphatic heterocycles. The number of hydrogen-bond acceptors (Lipinski definition) is 4. The molecule has 6 rings (SSSR count). The molecule has 5 aliphatic rings. The van der Waals surface area contributed by atoms with Gasteiger partial charge >= 0.3 is 6.18 Å². The molecule has 3 fully saturated rings. The second kappa shape index (κ2) is 10.7. The molecule has 0 N–H and O–H groups in total. The average Bonchev–Trinajstić information content (AvgIpc) is 3.28. The van der Waals surface area contributed by atoms with Gasteiger partial charge in [-0.25, -0.2) is 0 Å². The molecule has 7 heteroatoms. The van der Waals surface area contributed by atoms with Gasteiger partial charge in [0.15, 0.2) is 11.6 Å². The summed E-state index contributed by atoms with van der Waals surface area (Å²) in [6.45, 7) is 9.02. The van der Waals surface area contributed by atoms with Gasteiger partial charge in [-0.1, -0.05) is 44.4 Å². The number of morpholine rings is 1. The molecule has 1 aromatic rings. The molecule has 224 valence electrons. The molecule has 0 amide bonds. The minimum Gasteiger partial charge on any atom is -0.378 e. The molecule has 1 unspecified atom stereocenters. The molecule has 0 radical (unpaired) electrons. The Hall–Kier alpha value is -2.85. The predicted octanol–water partition coefficient (Wildman–Crippen LogP) is 7.20. The first-order valence-electron chi connectivity index (χ1n) is 15.5. The Kier molecular flexibility index (Phi) is 7.45. The highest BCUT2D eigenvalue weighted by Gasteiger charge is 2.65. The maximum Gasteiger partial charge on any atom is 0.457 e. The molecule has 6 atom stereocenters. The van der Waals surface area contributed by atoms with Crippen LogP contribution in [0.3, 0.4) is 0 Å². The zero-order valence-electron chi connectivity index (χ0n) is 24.8. The van der Waals surface area contributed by atoms with Gasteiger partial charge in [-0.3, -0.25) is 9.59 Å². The Morgan fingerprint density at radius 3 is 2.52 bits per heavy atom. The Balaban J connectivity index is 1.50. The van der Waals surface area contributed by atoms with Crippen molar-refractivity contribution in [3.8, 4) is 11.8 Å². The van der Waals surface area contributed by atoms with E-state index in [-0.39, 0.29) is 41.7 Å². The van der Waals surface area contributed by atoms with E-state index in [2.05, 4.69) is 48.9 Å². The van der Waals surface area contributed by atoms with Gasteiger partial charge in [-0.2, -0.15) is 13.2 Å². The third-order valence-electron chi connectivity index (χ3n) is 11.2. The minimum atomic E-state index is -4.65. The summed E-state index contributed by atoms with van der Waals surface area (Å²) in [6.07, 6.45) is 0.999. The summed E-state index contributed by atoms with van der Waals surface area (Å²) in [6, 6.07) is 8.62. The maximum absolute atomic E-state index is 13.7. The van der Waals surface area contributed by atoms with Crippen molar-refractivity contribution in [2.24, 2.45) is 28.6 Å². The van der Waals surface area contributed by atoms with Crippen molar-refractivity contribution in [3.05, 3.63) is 52.6 Å². The van der Waals surface area contributed by atoms with Crippen LogP contribution in [0.2, 0.25) is 0 Å². The van der Waals surface area contributed by atoms with Crippen molar-refractivity contribution < 1.29 is 27.5 Å². The molecule has 0 bridgehead atoms. The summed E-state index contributed by atoms with van der Waals surface area (Å²) >= 11 is 0. The van der Waals surface area contributed by atoms with Gasteiger partial charge in [0.05, 0.1) is 18.6 Å². The molecule has 42 heavy (non-hydrogen) atoms. The number of fused-ring (bicyclic) bond motifs is 4. The van der Waals surface area contributed by atoms with Crippen LogP contribution in [0.4, 0.5) is 18.9 Å². The second-order valence-corrected chi connectivity index (χ2v) is 13.2. The monoisotopic (exact) mass is 579 g/mol. The molecular formula is C35H40F3NO3. The number of allylic oxidation sites excluding steroid dienone is 4. The highest BCUT2D eigenvalue weighted by atomic mass is 19.4. The van der Waals surface area contributed by atoms with Gasteiger partial charge in [-0.15, -0.1) is 0 Å². The fourth-order valence-corrected chi connectivity index (χ4v) is 9.23. The number of rotatable bonds is 4. The zero-order valence-corrected chi connectivity index (χ0v) is 24.8. The smallest absolute Gasteiger partial charge is 0.378 e. The molecule has 0 spiro atoms. The number of hydrogen-bond donors (Lipinski definition) is 0. The van der Waals surface area contributed by atoms with E-state index in [9.17, 15) is 22.8 Å². The lowest BCUT2D eigenvalue weighted by molar-refractivity contribution is -0.132. The predicted molar refractivity (Wildman–Crippen MR) is 156 cm³/mol. The van der Waals surface area contributed by atoms with E-state index in [1.54, 1.807) is 12.8 Å². The van der Waals surface area contributed by atoms with Crippen LogP contribution in [0.25, 0.3) is 0 Å². The number of carbonyl (C=O) groups excluding carboxylic acids is 2. The fourth-order valence-electron chi connectivity index (χ4n) is 9.23. The van der Waals surface area contributed by atoms with Crippen LogP contribution in [-0.2, 0) is 14.3 Å². The third kappa shape index (κ3) is 4.75. The Bertz CT molecular complexity index is 1390. The van der Waals surface area contributed by atoms with Crippen molar-refractivity contribution in [1.29, 1.82) is 0 Å². The van der Waals surface area contributed by atoms with E-state index in [4.69, 9.17) is 4.74 Å². The number of carbonyl (C=O) groups is 2. The topological polar surface area (TPSA) is 46.6 Å². The Labute approximate surface area is 246 Å². The van der Waals surface area contributed by atoms with E-state index in [1.807, 2.05) is 6.08 Å². The molecule has 2 saturated carbocycles. The SMILES string of the molecule is CCC(=O)[C@@]1(C#CC(F)(F)F)CC[C@H]2[C@@H]3CC(C)C4=CC(=O)CCC4=C3[C@@H](c3ccc(N4CCOCC4)cc3)C[C@@]21C. The van der Waals surface area contributed by atoms with Crippen molar-refractivity contribution >= 4 is 17.3 Å². The Morgan fingerprint density at radius 2 is 1.86 bits per heavy atom. The van der Waals surface area contributed by atoms with Gasteiger partial charge in [0.1, 0.15) is 0 Å². The standard InChI is InChI=1S/C35H40F3NO3/c1-4-31(41)34(13-14-35(36,37)38)12-11-30-28-19-22(2)27-20-25(40)9-10-26(27)32(28)29(21-33(30,34)3)23-5-7-24(8-6-23)39-15-17-42-18-16-39/h5-8,20,22,28-30H,4,9-12,15-19,21H2,1-3H3/t22?,28-,29+,30-,33-,34-/m0/s1. The van der Waals surface area contributed by atoms with Crippen molar-refractivity contribution in [2.75, 3.05) is 31.2 Å². The van der Waals surface area contributed by atoms with E-state index >= 15 is 0 Å². The molecule has 1 saturated heterocycles. The number of halogens is 3. The molecule has 1 heterocycles. The van der Waals surface area contributed by atoms with Crippen molar-refractivity contribution in [1.82, 2.24) is 0 Å². The van der Waals surface area contributed by atoms with Crippen LogP contribution in [0.5, 0.6) is 0 Å². The average molecular weight is 580 g/mol. The normalized spacial score (nSPS) is 34.6. The first-order chi connectivity index (χ1) is 20.0. The summed E-state index contributed by atoms with van der Waals surface area (Å²) in [5, 5.41) is 0. The highest BCUT2D eigenvalue weighted by molar-refractivity contribution is 5.93. The van der Waals surface area contributed by atoms with E-state index < -0.39 is 17.0 Å². The van der Waals surface area contributed by atoms with E-state index in [0.717, 1.165) is 36.3 Å². The summed E-state index contributed by atoms with van der Waals surface area (Å²) in [5.74, 6) is 4.49. The lowest BCUT2D eigenvalue weighted by atomic mass is 9.47. The molecule has 1 aromatic carbocycles. The number of ether oxygens (including phenoxy) is 1. The first-order valence-corrected chi connectivity index (χ1v) is 15.5. The number of nitrogens with zero attached hydrogens (tertiary/aromatic N) is 1. The molecule has 4 nitrogen and oxygen atoms in total. The van der Waals surface area contributed by atoms with Crippen LogP contribution in [0.1, 0.15) is 77.2 Å². The maximum atomic E-state index is 13.7. The van der Waals surface area contributed by atoms with Gasteiger partial charge in [0, 0.05) is 43.5 Å². The number of benzene rings is 1. The van der Waals surface area contributed by atoms with Crippen molar-refractivity contribution in [2.45, 2.75) is 77.8 Å². The lowest BCUT2D eigenvalue weighted by Crippen LogP contribution is -2.51. The van der Waals surface area contributed by atoms with Crippen LogP contribution < -0.4 is 4.90 Å². The number of ketones is 2. The fraction of sp³-hybridized carbons (Fsp3) is 0.600. The van der Waals surface area contributed by atoms with E-state index in [0.29, 0.717) is 45.3 Å². The van der Waals surface area contributed by atoms with Gasteiger partial charge in [-0.05, 0) is 90.2 Å². The van der Waals surface area contributed by atoms with Crippen LogP contribution in [0, 0.1) is 40.4 Å². The van der Waals surface area contributed by atoms with E-state index in [1.165, 1.54) is 11.1 Å². The summed E-state index contributed by atoms with van der Waals surface area (Å²) < 4.78 is 46.1. The van der Waals surface area contributed by atoms with Gasteiger partial charge in [0.2, 0.25) is 0 Å². The van der Waals surface area contributed by atoms with Gasteiger partial charge < -0.3 is 9.64 Å². The van der Waals surface area contributed by atoms with Crippen LogP contribution in [0.15, 0.2) is 47.1 Å². The quantitative estimate of drug-likeness (QED) is 0.354. The number of Topliss-reactive ketones (excluding diaryl/α,β-unsaturated/α-hetero) is 1. The van der Waals surface area contributed by atoms with Crippen molar-refractivity contribution in [3.63, 3.8) is 0 Å². The minimum absolute atomic E-state index is 0.0519. The largest absolute Gasteiger partial charge is 0.457 e. The number of alkyl halides is 3. The first kappa shape index (κ1) is 29.2. The summed E-state index contributed by atoms with van der Waals surface area (Å²) in [4.78, 5) is 28.5. The summed E-state index contributed by atoms with van der Waals surface area (Å²) in [7, 11) is 0. The summed E-state index contributed by atoms with van der Waals surface area (Å²) in [5.41, 5.74) is 4.00. The third-order valence-corrected chi connectivity index (χ3v) is 11.2. The molecule has 4 aliphatic carbocycles.